The summed E-state index contributed by atoms with van der Waals surface area (Å²) in [7, 11) is 3.19. The normalized spacial score (nSPS) is 12.2. The Labute approximate surface area is 224 Å². The zero-order chi connectivity index (χ0) is 28.7. The van der Waals surface area contributed by atoms with E-state index in [0.29, 0.717) is 29.2 Å². The number of amides is 3. The van der Waals surface area contributed by atoms with E-state index >= 15 is 0 Å². The first-order chi connectivity index (χ1) is 18.4. The van der Waals surface area contributed by atoms with Crippen LogP contribution in [-0.2, 0) is 22.6 Å². The number of nitrogens with zero attached hydrogens (tertiary/aromatic N) is 3. The maximum absolute atomic E-state index is 14.1. The summed E-state index contributed by atoms with van der Waals surface area (Å²) in [5.74, 6) is -0.584. The number of anilines is 1. The number of rotatable bonds is 11. The molecule has 0 aliphatic heterocycles. The fraction of sp³-hybridized carbons (Fsp3) is 0.370. The topological polar surface area (TPSA) is 149 Å². The van der Waals surface area contributed by atoms with Crippen molar-refractivity contribution in [2.24, 2.45) is 5.92 Å². The van der Waals surface area contributed by atoms with Crippen LogP contribution in [0, 0.1) is 11.7 Å². The number of allylic oxidation sites excluding steroid dienone is 1. The monoisotopic (exact) mass is 540 g/mol. The second-order valence-corrected chi connectivity index (χ2v) is 9.80. The van der Waals surface area contributed by atoms with Crippen molar-refractivity contribution in [3.63, 3.8) is 0 Å². The summed E-state index contributed by atoms with van der Waals surface area (Å²) in [6.45, 7) is 4.10. The van der Waals surface area contributed by atoms with Gasteiger partial charge in [0.05, 0.1) is 17.6 Å². The van der Waals surface area contributed by atoms with E-state index in [9.17, 15) is 23.6 Å². The average molecular weight is 541 g/mol. The number of likely N-dealkylation sites (N-methyl/N-ethyl adjacent to an activating group) is 1. The van der Waals surface area contributed by atoms with E-state index in [1.807, 2.05) is 13.8 Å². The van der Waals surface area contributed by atoms with Gasteiger partial charge in [-0.1, -0.05) is 19.9 Å². The molecular formula is C27H33FN6O5. The fourth-order valence-electron chi connectivity index (χ4n) is 4.02. The molecule has 0 spiro atoms. The van der Waals surface area contributed by atoms with Crippen LogP contribution in [0.5, 0.6) is 0 Å². The number of hydrogen-bond donors (Lipinski definition) is 4. The SMILES string of the molecule is CC(C)Cc1cc(F)cc2[nH]c(Cn3cccc(NC(=O)C(CC/C=C/C(=O)N(C)C)NC(=O)O)c3=O)nc12. The van der Waals surface area contributed by atoms with Crippen LogP contribution < -0.4 is 16.2 Å². The molecule has 1 unspecified atom stereocenters. The Morgan fingerprint density at radius 2 is 2.00 bits per heavy atom. The summed E-state index contributed by atoms with van der Waals surface area (Å²) < 4.78 is 15.5. The largest absolute Gasteiger partial charge is 0.465 e. The molecule has 3 amide bonds. The van der Waals surface area contributed by atoms with Gasteiger partial charge in [-0.2, -0.15) is 0 Å². The Kier molecular flexibility index (Phi) is 9.58. The molecule has 0 radical (unpaired) electrons. The summed E-state index contributed by atoms with van der Waals surface area (Å²) >= 11 is 0. The van der Waals surface area contributed by atoms with Crippen LogP contribution in [0.15, 0.2) is 47.4 Å². The Morgan fingerprint density at radius 1 is 1.26 bits per heavy atom. The summed E-state index contributed by atoms with van der Waals surface area (Å²) in [6.07, 6.45) is 3.99. The number of H-pyrrole nitrogens is 1. The van der Waals surface area contributed by atoms with E-state index in [0.717, 1.165) is 5.56 Å². The molecule has 4 N–H and O–H groups in total. The van der Waals surface area contributed by atoms with Gasteiger partial charge in [-0.15, -0.1) is 0 Å². The molecule has 208 valence electrons. The molecule has 1 aromatic carbocycles. The minimum Gasteiger partial charge on any atom is -0.465 e. The van der Waals surface area contributed by atoms with Crippen molar-refractivity contribution >= 4 is 34.6 Å². The number of nitrogens with one attached hydrogen (secondary N) is 3. The van der Waals surface area contributed by atoms with Crippen molar-refractivity contribution in [1.29, 1.82) is 0 Å². The molecule has 39 heavy (non-hydrogen) atoms. The number of carboxylic acid groups (broad SMARTS) is 1. The van der Waals surface area contributed by atoms with E-state index in [2.05, 4.69) is 20.6 Å². The summed E-state index contributed by atoms with van der Waals surface area (Å²) in [6, 6.07) is 4.65. The van der Waals surface area contributed by atoms with Crippen LogP contribution in [0.2, 0.25) is 0 Å². The lowest BCUT2D eigenvalue weighted by atomic mass is 10.0. The van der Waals surface area contributed by atoms with Gasteiger partial charge in [0.25, 0.3) is 5.56 Å². The number of halogens is 1. The average Bonchev–Trinajstić information content (AvgIpc) is 3.25. The molecule has 0 saturated carbocycles. The van der Waals surface area contributed by atoms with Gasteiger partial charge < -0.3 is 30.2 Å². The molecule has 0 saturated heterocycles. The van der Waals surface area contributed by atoms with Crippen molar-refractivity contribution in [3.8, 4) is 0 Å². The van der Waals surface area contributed by atoms with E-state index in [1.165, 1.54) is 39.9 Å². The number of aromatic amines is 1. The smallest absolute Gasteiger partial charge is 0.405 e. The van der Waals surface area contributed by atoms with Gasteiger partial charge in [0.15, 0.2) is 0 Å². The molecular weight excluding hydrogens is 507 g/mol. The van der Waals surface area contributed by atoms with Crippen LogP contribution in [0.4, 0.5) is 14.9 Å². The molecule has 12 heteroatoms. The number of fused-ring (bicyclic) bond motifs is 1. The Morgan fingerprint density at radius 3 is 2.67 bits per heavy atom. The zero-order valence-corrected chi connectivity index (χ0v) is 22.3. The van der Waals surface area contributed by atoms with Crippen LogP contribution in [0.25, 0.3) is 11.0 Å². The van der Waals surface area contributed by atoms with Crippen LogP contribution in [0.1, 0.15) is 38.1 Å². The van der Waals surface area contributed by atoms with E-state index < -0.39 is 23.6 Å². The number of benzene rings is 1. The first-order valence-corrected chi connectivity index (χ1v) is 12.5. The molecule has 0 bridgehead atoms. The van der Waals surface area contributed by atoms with Gasteiger partial charge >= 0.3 is 6.09 Å². The van der Waals surface area contributed by atoms with Crippen LogP contribution in [0.3, 0.4) is 0 Å². The highest BCUT2D eigenvalue weighted by atomic mass is 19.1. The minimum absolute atomic E-state index is 0.0410. The number of pyridine rings is 1. The quantitative estimate of drug-likeness (QED) is 0.275. The number of hydrogen-bond acceptors (Lipinski definition) is 5. The summed E-state index contributed by atoms with van der Waals surface area (Å²) in [5.41, 5.74) is 1.38. The van der Waals surface area contributed by atoms with Crippen molar-refractivity contribution < 1.29 is 23.9 Å². The van der Waals surface area contributed by atoms with Gasteiger partial charge in [-0.25, -0.2) is 14.2 Å². The number of aromatic nitrogens is 3. The first-order valence-electron chi connectivity index (χ1n) is 12.5. The molecule has 11 nitrogen and oxygen atoms in total. The second-order valence-electron chi connectivity index (χ2n) is 9.80. The molecule has 2 heterocycles. The molecule has 0 fully saturated rings. The maximum Gasteiger partial charge on any atom is 0.405 e. The number of carbonyl (C=O) groups excluding carboxylic acids is 2. The predicted molar refractivity (Wildman–Crippen MR) is 145 cm³/mol. The second kappa shape index (κ2) is 12.9. The van der Waals surface area contributed by atoms with Crippen molar-refractivity contribution in [1.82, 2.24) is 24.8 Å². The third kappa shape index (κ3) is 8.00. The highest BCUT2D eigenvalue weighted by Gasteiger charge is 2.21. The van der Waals surface area contributed by atoms with Gasteiger partial charge in [0.2, 0.25) is 11.8 Å². The minimum atomic E-state index is -1.40. The Balaban J connectivity index is 1.77. The molecule has 0 aliphatic carbocycles. The zero-order valence-electron chi connectivity index (χ0n) is 22.3. The standard InChI is InChI=1S/C27H33FN6O5/c1-16(2)12-17-13-18(28)14-21-24(17)32-22(29-21)15-34-11-7-9-20(26(34)37)30-25(36)19(31-27(38)39)8-5-6-10-23(35)33(3)4/h6-7,9-11,13-14,16,19,31H,5,8,12,15H2,1-4H3,(H,29,32)(H,30,36)(H,38,39)/b10-6+. The van der Waals surface area contributed by atoms with Crippen molar-refractivity contribution in [2.75, 3.05) is 19.4 Å². The van der Waals surface area contributed by atoms with Gasteiger partial charge in [-0.05, 0) is 61.1 Å². The molecule has 0 aliphatic rings. The summed E-state index contributed by atoms with van der Waals surface area (Å²) in [5, 5.41) is 13.8. The van der Waals surface area contributed by atoms with Gasteiger partial charge in [0.1, 0.15) is 23.4 Å². The Bertz CT molecular complexity index is 1440. The van der Waals surface area contributed by atoms with E-state index in [1.54, 1.807) is 26.2 Å². The lowest BCUT2D eigenvalue weighted by Gasteiger charge is -2.16. The highest BCUT2D eigenvalue weighted by molar-refractivity contribution is 5.96. The summed E-state index contributed by atoms with van der Waals surface area (Å²) in [4.78, 5) is 57.8. The predicted octanol–water partition coefficient (Wildman–Crippen LogP) is 3.11. The van der Waals surface area contributed by atoms with Crippen molar-refractivity contribution in [2.45, 2.75) is 45.7 Å². The maximum atomic E-state index is 14.1. The molecule has 1 atom stereocenters. The third-order valence-electron chi connectivity index (χ3n) is 5.84. The lowest BCUT2D eigenvalue weighted by Crippen LogP contribution is -2.44. The van der Waals surface area contributed by atoms with Gasteiger partial charge in [-0.3, -0.25) is 14.4 Å². The van der Waals surface area contributed by atoms with E-state index in [-0.39, 0.29) is 36.8 Å². The molecule has 2 aromatic heterocycles. The molecule has 3 aromatic rings. The molecule has 3 rings (SSSR count). The number of carbonyl (C=O) groups is 3. The third-order valence-corrected chi connectivity index (χ3v) is 5.84. The fourth-order valence-corrected chi connectivity index (χ4v) is 4.02. The lowest BCUT2D eigenvalue weighted by molar-refractivity contribution is -0.123. The van der Waals surface area contributed by atoms with E-state index in [4.69, 9.17) is 5.11 Å². The van der Waals surface area contributed by atoms with Crippen LogP contribution in [-0.4, -0.2) is 62.6 Å². The highest BCUT2D eigenvalue weighted by Crippen LogP contribution is 2.22. The number of imidazole rings is 1. The van der Waals surface area contributed by atoms with Gasteiger partial charge in [0, 0.05) is 20.3 Å². The van der Waals surface area contributed by atoms with Crippen molar-refractivity contribution in [3.05, 3.63) is 70.2 Å². The van der Waals surface area contributed by atoms with Crippen LogP contribution >= 0.6 is 0 Å². The Hall–Kier alpha value is -4.48. The first kappa shape index (κ1) is 29.1.